The van der Waals surface area contributed by atoms with Crippen LogP contribution in [0.25, 0.3) is 11.3 Å². The Morgan fingerprint density at radius 1 is 1.45 bits per heavy atom. The number of nitrogens with two attached hydrogens (primary N) is 1. The molecule has 56 valence electrons. The van der Waals surface area contributed by atoms with Crippen molar-refractivity contribution in [3.8, 4) is 11.3 Å². The molecule has 2 rings (SSSR count). The molecule has 0 atom stereocenters. The molecule has 0 aliphatic heterocycles. The van der Waals surface area contributed by atoms with Crippen molar-refractivity contribution in [1.82, 2.24) is 5.16 Å². The van der Waals surface area contributed by atoms with Crippen LogP contribution in [-0.2, 0) is 0 Å². The van der Waals surface area contributed by atoms with E-state index in [0.29, 0.717) is 11.3 Å². The lowest BCUT2D eigenvalue weighted by Crippen LogP contribution is -1.82. The normalized spacial score (nSPS) is 10.2. The summed E-state index contributed by atoms with van der Waals surface area (Å²) >= 11 is 0. The molecule has 11 heavy (non-hydrogen) atoms. The Morgan fingerprint density at radius 3 is 2.91 bits per heavy atom. The molecule has 0 aliphatic rings. The van der Waals surface area contributed by atoms with E-state index >= 15 is 0 Å². The second-order valence-corrected chi connectivity index (χ2v) is 2.08. The maximum absolute atomic E-state index is 5.44. The van der Waals surface area contributed by atoms with E-state index in [0.717, 1.165) is 0 Å². The first-order chi connectivity index (χ1) is 5.38. The minimum atomic E-state index is 0.278. The Labute approximate surface area is 62.6 Å². The van der Waals surface area contributed by atoms with Crippen molar-refractivity contribution in [3.05, 3.63) is 24.6 Å². The third kappa shape index (κ3) is 0.881. The molecule has 4 heteroatoms. The molecule has 2 heterocycles. The topological polar surface area (TPSA) is 65.2 Å². The zero-order chi connectivity index (χ0) is 7.68. The smallest absolute Gasteiger partial charge is 0.233 e. The maximum Gasteiger partial charge on any atom is 0.233 e. The molecule has 2 aromatic rings. The van der Waals surface area contributed by atoms with Gasteiger partial charge in [-0.3, -0.25) is 0 Å². The summed E-state index contributed by atoms with van der Waals surface area (Å²) < 4.78 is 9.73. The molecular weight excluding hydrogens is 144 g/mol. The van der Waals surface area contributed by atoms with Gasteiger partial charge in [0.2, 0.25) is 5.88 Å². The van der Waals surface area contributed by atoms with Crippen LogP contribution >= 0.6 is 0 Å². The van der Waals surface area contributed by atoms with E-state index in [4.69, 9.17) is 10.2 Å². The van der Waals surface area contributed by atoms with Gasteiger partial charge in [-0.25, -0.2) is 0 Å². The Bertz CT molecular complexity index is 337. The highest BCUT2D eigenvalue weighted by molar-refractivity contribution is 5.66. The van der Waals surface area contributed by atoms with E-state index in [1.807, 2.05) is 0 Å². The van der Waals surface area contributed by atoms with Crippen LogP contribution in [-0.4, -0.2) is 5.16 Å². The van der Waals surface area contributed by atoms with E-state index in [2.05, 4.69) is 9.68 Å². The summed E-state index contributed by atoms with van der Waals surface area (Å²) in [6, 6.07) is 3.57. The minimum absolute atomic E-state index is 0.278. The van der Waals surface area contributed by atoms with E-state index in [1.54, 1.807) is 18.4 Å². The highest BCUT2D eigenvalue weighted by Gasteiger charge is 2.08. The summed E-state index contributed by atoms with van der Waals surface area (Å²) in [6.45, 7) is 0. The Balaban J connectivity index is 2.53. The van der Waals surface area contributed by atoms with Crippen LogP contribution in [0.5, 0.6) is 0 Å². The van der Waals surface area contributed by atoms with Crippen LogP contribution in [0.1, 0.15) is 0 Å². The molecule has 2 N–H and O–H groups in total. The molecule has 0 saturated carbocycles. The monoisotopic (exact) mass is 150 g/mol. The lowest BCUT2D eigenvalue weighted by atomic mass is 10.3. The van der Waals surface area contributed by atoms with Crippen LogP contribution in [0.15, 0.2) is 33.5 Å². The number of hydrogen-bond donors (Lipinski definition) is 1. The third-order valence-electron chi connectivity index (χ3n) is 1.38. The summed E-state index contributed by atoms with van der Waals surface area (Å²) in [4.78, 5) is 0. The summed E-state index contributed by atoms with van der Waals surface area (Å²) in [6.07, 6.45) is 3.09. The first kappa shape index (κ1) is 6.03. The zero-order valence-corrected chi connectivity index (χ0v) is 5.65. The van der Waals surface area contributed by atoms with Gasteiger partial charge in [0.15, 0.2) is 0 Å². The average Bonchev–Trinajstić information content (AvgIpc) is 2.55. The maximum atomic E-state index is 5.44. The van der Waals surface area contributed by atoms with Gasteiger partial charge >= 0.3 is 0 Å². The lowest BCUT2D eigenvalue weighted by Gasteiger charge is -1.87. The molecule has 0 fully saturated rings. The fraction of sp³-hybridized carbons (Fsp3) is 0. The fourth-order valence-electron chi connectivity index (χ4n) is 0.865. The van der Waals surface area contributed by atoms with Crippen molar-refractivity contribution >= 4 is 5.88 Å². The number of nitrogen functional groups attached to an aromatic ring is 1. The number of aromatic nitrogens is 1. The number of hydrogen-bond acceptors (Lipinski definition) is 4. The zero-order valence-electron chi connectivity index (χ0n) is 5.65. The Morgan fingerprint density at radius 2 is 2.36 bits per heavy atom. The van der Waals surface area contributed by atoms with E-state index in [-0.39, 0.29) is 5.88 Å². The molecule has 4 nitrogen and oxygen atoms in total. The molecule has 0 spiro atoms. The largest absolute Gasteiger partial charge is 0.464 e. The minimum Gasteiger partial charge on any atom is -0.464 e. The second-order valence-electron chi connectivity index (χ2n) is 2.08. The Hall–Kier alpha value is -1.71. The van der Waals surface area contributed by atoms with Gasteiger partial charge in [-0.05, 0) is 12.1 Å². The van der Waals surface area contributed by atoms with E-state index < -0.39 is 0 Å². The second kappa shape index (κ2) is 2.16. The molecule has 0 radical (unpaired) electrons. The van der Waals surface area contributed by atoms with Crippen molar-refractivity contribution in [2.45, 2.75) is 0 Å². The molecule has 0 bridgehead atoms. The third-order valence-corrected chi connectivity index (χ3v) is 1.38. The first-order valence-corrected chi connectivity index (χ1v) is 3.12. The van der Waals surface area contributed by atoms with Crippen LogP contribution in [0.2, 0.25) is 0 Å². The highest BCUT2D eigenvalue weighted by atomic mass is 16.5. The molecule has 2 aromatic heterocycles. The van der Waals surface area contributed by atoms with Gasteiger partial charge in [0.25, 0.3) is 0 Å². The van der Waals surface area contributed by atoms with Crippen LogP contribution < -0.4 is 5.73 Å². The molecule has 0 unspecified atom stereocenters. The fourth-order valence-corrected chi connectivity index (χ4v) is 0.865. The van der Waals surface area contributed by atoms with Gasteiger partial charge in [0.05, 0.1) is 12.5 Å². The average molecular weight is 150 g/mol. The van der Waals surface area contributed by atoms with E-state index in [9.17, 15) is 0 Å². The molecule has 0 aromatic carbocycles. The van der Waals surface area contributed by atoms with Crippen molar-refractivity contribution in [2.24, 2.45) is 0 Å². The predicted octanol–water partition coefficient (Wildman–Crippen LogP) is 1.52. The molecule has 0 aliphatic carbocycles. The summed E-state index contributed by atoms with van der Waals surface area (Å²) in [7, 11) is 0. The van der Waals surface area contributed by atoms with Crippen molar-refractivity contribution in [2.75, 3.05) is 5.73 Å². The van der Waals surface area contributed by atoms with Crippen LogP contribution in [0.3, 0.4) is 0 Å². The molecule has 0 saturated heterocycles. The van der Waals surface area contributed by atoms with E-state index in [1.165, 1.54) is 6.20 Å². The summed E-state index contributed by atoms with van der Waals surface area (Å²) in [5, 5.41) is 3.52. The SMILES string of the molecule is Nc1oncc1-c1ccco1. The van der Waals surface area contributed by atoms with Crippen molar-refractivity contribution < 1.29 is 8.94 Å². The van der Waals surface area contributed by atoms with Gasteiger partial charge < -0.3 is 14.7 Å². The first-order valence-electron chi connectivity index (χ1n) is 3.12. The van der Waals surface area contributed by atoms with Crippen LogP contribution in [0.4, 0.5) is 5.88 Å². The predicted molar refractivity (Wildman–Crippen MR) is 38.6 cm³/mol. The summed E-state index contributed by atoms with van der Waals surface area (Å²) in [5.41, 5.74) is 6.13. The van der Waals surface area contributed by atoms with Crippen molar-refractivity contribution in [1.29, 1.82) is 0 Å². The van der Waals surface area contributed by atoms with Crippen molar-refractivity contribution in [3.63, 3.8) is 0 Å². The highest BCUT2D eigenvalue weighted by Crippen LogP contribution is 2.24. The standard InChI is InChI=1S/C7H6N2O2/c8-7-5(4-9-11-7)6-2-1-3-10-6/h1-4H,8H2. The number of nitrogens with zero attached hydrogens (tertiary/aromatic N) is 1. The molecular formula is C7H6N2O2. The number of anilines is 1. The summed E-state index contributed by atoms with van der Waals surface area (Å²) in [5.74, 6) is 0.948. The quantitative estimate of drug-likeness (QED) is 0.669. The van der Waals surface area contributed by atoms with Crippen LogP contribution in [0, 0.1) is 0 Å². The molecule has 0 amide bonds. The van der Waals surface area contributed by atoms with Gasteiger partial charge in [0.1, 0.15) is 11.3 Å². The lowest BCUT2D eigenvalue weighted by molar-refractivity contribution is 0.436. The van der Waals surface area contributed by atoms with Gasteiger partial charge in [0, 0.05) is 0 Å². The Kier molecular flexibility index (Phi) is 1.18. The van der Waals surface area contributed by atoms with Gasteiger partial charge in [-0.2, -0.15) is 0 Å². The van der Waals surface area contributed by atoms with Gasteiger partial charge in [-0.15, -0.1) is 0 Å². The number of furan rings is 1. The van der Waals surface area contributed by atoms with Gasteiger partial charge in [-0.1, -0.05) is 5.16 Å². The number of rotatable bonds is 1.